The molecule has 0 radical (unpaired) electrons. The number of aryl methyl sites for hydroxylation is 1. The molecular formula is C19H22N2O2. The van der Waals surface area contributed by atoms with Crippen molar-refractivity contribution in [1.29, 1.82) is 0 Å². The molecule has 2 bridgehead atoms. The van der Waals surface area contributed by atoms with E-state index in [1.54, 1.807) is 0 Å². The lowest BCUT2D eigenvalue weighted by molar-refractivity contribution is 0.0555. The summed E-state index contributed by atoms with van der Waals surface area (Å²) in [5.41, 5.74) is 2.29. The SMILES string of the molecule is O=c1c2cccc3c2c(cn1[C@H]1CN2CCC1CC2)CC[C@@H]3O. The zero-order valence-corrected chi connectivity index (χ0v) is 13.2. The number of aromatic nitrogens is 1. The number of hydrogen-bond donors (Lipinski definition) is 1. The number of benzene rings is 1. The average molecular weight is 310 g/mol. The zero-order valence-electron chi connectivity index (χ0n) is 13.2. The Morgan fingerprint density at radius 3 is 2.70 bits per heavy atom. The Morgan fingerprint density at radius 2 is 1.96 bits per heavy atom. The van der Waals surface area contributed by atoms with Gasteiger partial charge >= 0.3 is 0 Å². The minimum atomic E-state index is -0.432. The molecule has 0 amide bonds. The predicted molar refractivity (Wildman–Crippen MR) is 89.7 cm³/mol. The van der Waals surface area contributed by atoms with Crippen molar-refractivity contribution in [1.82, 2.24) is 9.47 Å². The van der Waals surface area contributed by atoms with Crippen molar-refractivity contribution in [2.24, 2.45) is 5.92 Å². The third-order valence-electron chi connectivity index (χ3n) is 6.20. The minimum Gasteiger partial charge on any atom is -0.388 e. The monoisotopic (exact) mass is 310 g/mol. The zero-order chi connectivity index (χ0) is 15.6. The number of aliphatic hydroxyl groups is 1. The molecule has 2 aromatic rings. The van der Waals surface area contributed by atoms with Crippen molar-refractivity contribution < 1.29 is 5.11 Å². The van der Waals surface area contributed by atoms with Crippen LogP contribution in [0.1, 0.15) is 42.5 Å². The van der Waals surface area contributed by atoms with Crippen LogP contribution in [0.4, 0.5) is 0 Å². The van der Waals surface area contributed by atoms with E-state index in [2.05, 4.69) is 11.1 Å². The van der Waals surface area contributed by atoms with Gasteiger partial charge < -0.3 is 14.6 Å². The standard InChI is InChI=1S/C19H22N2O2/c22-17-5-4-13-10-21(16-11-20-8-6-12(16)7-9-20)19(23)15-3-1-2-14(17)18(13)15/h1-3,10,12,16-17,22H,4-9,11H2/t16-,17-/m0/s1. The highest BCUT2D eigenvalue weighted by Crippen LogP contribution is 2.38. The number of hydrogen-bond acceptors (Lipinski definition) is 3. The molecule has 4 aliphatic rings. The first-order chi connectivity index (χ1) is 11.2. The lowest BCUT2D eigenvalue weighted by Crippen LogP contribution is -2.50. The van der Waals surface area contributed by atoms with Gasteiger partial charge in [0.1, 0.15) is 0 Å². The molecule has 1 N–H and O–H groups in total. The highest BCUT2D eigenvalue weighted by atomic mass is 16.3. The van der Waals surface area contributed by atoms with Crippen LogP contribution in [0.2, 0.25) is 0 Å². The van der Waals surface area contributed by atoms with Gasteiger partial charge in [-0.3, -0.25) is 4.79 Å². The number of nitrogens with zero attached hydrogens (tertiary/aromatic N) is 2. The summed E-state index contributed by atoms with van der Waals surface area (Å²) in [6.45, 7) is 3.39. The summed E-state index contributed by atoms with van der Waals surface area (Å²) in [5, 5.41) is 12.0. The Balaban J connectivity index is 1.72. The van der Waals surface area contributed by atoms with Gasteiger partial charge in [-0.05, 0) is 67.3 Å². The van der Waals surface area contributed by atoms with Crippen molar-refractivity contribution in [3.05, 3.63) is 45.9 Å². The second kappa shape index (κ2) is 4.92. The van der Waals surface area contributed by atoms with Gasteiger partial charge in [0, 0.05) is 18.1 Å². The van der Waals surface area contributed by atoms with Crippen LogP contribution in [-0.4, -0.2) is 34.2 Å². The Hall–Kier alpha value is -1.65. The van der Waals surface area contributed by atoms with Crippen molar-refractivity contribution in [3.63, 3.8) is 0 Å². The lowest BCUT2D eigenvalue weighted by Gasteiger charge is -2.45. The average Bonchev–Trinajstić information content (AvgIpc) is 2.61. The first kappa shape index (κ1) is 13.8. The summed E-state index contributed by atoms with van der Waals surface area (Å²) in [6, 6.07) is 6.13. The number of pyridine rings is 1. The first-order valence-electron chi connectivity index (χ1n) is 8.79. The van der Waals surface area contributed by atoms with Crippen LogP contribution >= 0.6 is 0 Å². The van der Waals surface area contributed by atoms with E-state index in [0.717, 1.165) is 35.7 Å². The maximum absolute atomic E-state index is 13.1. The topological polar surface area (TPSA) is 45.5 Å². The maximum atomic E-state index is 13.1. The van der Waals surface area contributed by atoms with E-state index in [1.807, 2.05) is 22.8 Å². The minimum absolute atomic E-state index is 0.124. The molecule has 0 saturated carbocycles. The predicted octanol–water partition coefficient (Wildman–Crippen LogP) is 2.25. The van der Waals surface area contributed by atoms with Crippen LogP contribution in [0, 0.1) is 5.92 Å². The quantitative estimate of drug-likeness (QED) is 0.879. The van der Waals surface area contributed by atoms with E-state index in [4.69, 9.17) is 0 Å². The van der Waals surface area contributed by atoms with Crippen LogP contribution in [0.25, 0.3) is 10.8 Å². The van der Waals surface area contributed by atoms with Gasteiger partial charge in [0.15, 0.2) is 0 Å². The Bertz CT molecular complexity index is 833. The van der Waals surface area contributed by atoms with Crippen LogP contribution < -0.4 is 5.56 Å². The number of aliphatic hydroxyl groups excluding tert-OH is 1. The Morgan fingerprint density at radius 1 is 1.13 bits per heavy atom. The lowest BCUT2D eigenvalue weighted by atomic mass is 9.83. The van der Waals surface area contributed by atoms with Crippen LogP contribution in [0.15, 0.2) is 29.2 Å². The summed E-state index contributed by atoms with van der Waals surface area (Å²) in [4.78, 5) is 15.6. The van der Waals surface area contributed by atoms with Gasteiger partial charge in [0.2, 0.25) is 0 Å². The third-order valence-corrected chi connectivity index (χ3v) is 6.20. The fraction of sp³-hybridized carbons (Fsp3) is 0.526. The molecule has 1 aromatic heterocycles. The highest BCUT2D eigenvalue weighted by Gasteiger charge is 2.36. The number of fused-ring (bicyclic) bond motifs is 3. The Labute approximate surface area is 135 Å². The van der Waals surface area contributed by atoms with E-state index < -0.39 is 6.10 Å². The molecule has 120 valence electrons. The summed E-state index contributed by atoms with van der Waals surface area (Å²) in [6.07, 6.45) is 5.71. The fourth-order valence-electron chi connectivity index (χ4n) is 4.95. The summed E-state index contributed by atoms with van der Waals surface area (Å²) < 4.78 is 2.02. The van der Waals surface area contributed by atoms with E-state index >= 15 is 0 Å². The smallest absolute Gasteiger partial charge is 0.258 e. The van der Waals surface area contributed by atoms with Crippen molar-refractivity contribution >= 4 is 10.8 Å². The molecule has 3 saturated heterocycles. The van der Waals surface area contributed by atoms with Gasteiger partial charge in [-0.25, -0.2) is 0 Å². The molecule has 4 nitrogen and oxygen atoms in total. The van der Waals surface area contributed by atoms with Crippen molar-refractivity contribution in [3.8, 4) is 0 Å². The van der Waals surface area contributed by atoms with E-state index in [1.165, 1.54) is 31.5 Å². The molecule has 23 heavy (non-hydrogen) atoms. The van der Waals surface area contributed by atoms with Gasteiger partial charge in [-0.15, -0.1) is 0 Å². The van der Waals surface area contributed by atoms with Crippen molar-refractivity contribution in [2.45, 2.75) is 37.8 Å². The molecule has 4 heterocycles. The van der Waals surface area contributed by atoms with Gasteiger partial charge in [-0.1, -0.05) is 12.1 Å². The molecule has 0 unspecified atom stereocenters. The summed E-state index contributed by atoms with van der Waals surface area (Å²) in [5.74, 6) is 0.639. The second-order valence-electron chi connectivity index (χ2n) is 7.40. The van der Waals surface area contributed by atoms with Crippen LogP contribution in [-0.2, 0) is 6.42 Å². The van der Waals surface area contributed by atoms with Crippen LogP contribution in [0.3, 0.4) is 0 Å². The van der Waals surface area contributed by atoms with Crippen LogP contribution in [0.5, 0.6) is 0 Å². The molecule has 6 rings (SSSR count). The molecule has 4 heteroatoms. The van der Waals surface area contributed by atoms with E-state index in [0.29, 0.717) is 12.0 Å². The van der Waals surface area contributed by atoms with E-state index in [9.17, 15) is 9.90 Å². The molecule has 2 atom stereocenters. The Kier molecular flexibility index (Phi) is 2.94. The largest absolute Gasteiger partial charge is 0.388 e. The van der Waals surface area contributed by atoms with Gasteiger partial charge in [-0.2, -0.15) is 0 Å². The normalized spacial score (nSPS) is 32.4. The molecule has 1 aliphatic carbocycles. The fourth-order valence-corrected chi connectivity index (χ4v) is 4.95. The number of piperidine rings is 3. The summed E-state index contributed by atoms with van der Waals surface area (Å²) >= 11 is 0. The van der Waals surface area contributed by atoms with Gasteiger partial charge in [0.25, 0.3) is 5.56 Å². The first-order valence-corrected chi connectivity index (χ1v) is 8.79. The molecule has 0 spiro atoms. The van der Waals surface area contributed by atoms with E-state index in [-0.39, 0.29) is 5.56 Å². The maximum Gasteiger partial charge on any atom is 0.258 e. The molecular weight excluding hydrogens is 288 g/mol. The number of rotatable bonds is 1. The second-order valence-corrected chi connectivity index (χ2v) is 7.40. The molecule has 3 fully saturated rings. The highest BCUT2D eigenvalue weighted by molar-refractivity contribution is 5.89. The van der Waals surface area contributed by atoms with Gasteiger partial charge in [0.05, 0.1) is 12.1 Å². The summed E-state index contributed by atoms with van der Waals surface area (Å²) in [7, 11) is 0. The third kappa shape index (κ3) is 1.95. The molecule has 3 aliphatic heterocycles. The van der Waals surface area contributed by atoms with Crippen molar-refractivity contribution in [2.75, 3.05) is 19.6 Å². The molecule has 1 aromatic carbocycles.